The van der Waals surface area contributed by atoms with Crippen LogP contribution in [-0.2, 0) is 10.1 Å². The molecule has 1 heterocycles. The summed E-state index contributed by atoms with van der Waals surface area (Å²) in [5.41, 5.74) is 0.897. The Morgan fingerprint density at radius 1 is 0.688 bits per heavy atom. The second-order valence-corrected chi connectivity index (χ2v) is 10.8. The van der Waals surface area contributed by atoms with Gasteiger partial charge in [0.25, 0.3) is 10.1 Å². The Balaban J connectivity index is 1.81. The SMILES string of the molecule is O=S(=O)(O)c1ccccc1P(c1ccccc1)c1ccccc1-c1occ2ccccc12. The highest BCUT2D eigenvalue weighted by molar-refractivity contribution is 7.88. The van der Waals surface area contributed by atoms with Crippen LogP contribution in [0.15, 0.2) is 119 Å². The predicted molar refractivity (Wildman–Crippen MR) is 130 cm³/mol. The van der Waals surface area contributed by atoms with Crippen molar-refractivity contribution in [3.8, 4) is 11.3 Å². The van der Waals surface area contributed by atoms with Crippen molar-refractivity contribution in [1.82, 2.24) is 0 Å². The summed E-state index contributed by atoms with van der Waals surface area (Å²) in [4.78, 5) is -0.0749. The fourth-order valence-corrected chi connectivity index (χ4v) is 7.58. The third-order valence-corrected chi connectivity index (χ3v) is 8.92. The molecule has 0 aliphatic rings. The lowest BCUT2D eigenvalue weighted by atomic mass is 10.1. The number of hydrogen-bond acceptors (Lipinski definition) is 3. The van der Waals surface area contributed by atoms with Gasteiger partial charge in [0.1, 0.15) is 10.7 Å². The molecular weight excluding hydrogens is 439 g/mol. The standard InChI is InChI=1S/C26H19O4PS/c27-32(28,29)25-17-9-8-16-24(25)31(20-11-2-1-3-12-20)23-15-7-6-14-22(23)26-21-13-5-4-10-19(21)18-30-26/h1-18H,(H,27,28,29). The molecule has 0 bridgehead atoms. The number of rotatable bonds is 5. The van der Waals surface area contributed by atoms with Crippen molar-refractivity contribution in [2.75, 3.05) is 0 Å². The average molecular weight is 458 g/mol. The van der Waals surface area contributed by atoms with Gasteiger partial charge in [-0.2, -0.15) is 8.42 Å². The molecule has 1 unspecified atom stereocenters. The Morgan fingerprint density at radius 3 is 2.09 bits per heavy atom. The first kappa shape index (κ1) is 20.7. The van der Waals surface area contributed by atoms with Gasteiger partial charge in [-0.1, -0.05) is 97.1 Å². The van der Waals surface area contributed by atoms with Crippen LogP contribution < -0.4 is 15.9 Å². The van der Waals surface area contributed by atoms with Gasteiger partial charge in [0.2, 0.25) is 0 Å². The van der Waals surface area contributed by atoms with Gasteiger partial charge in [0.05, 0.1) is 6.26 Å². The van der Waals surface area contributed by atoms with Crippen molar-refractivity contribution in [2.24, 2.45) is 0 Å². The lowest BCUT2D eigenvalue weighted by molar-refractivity contribution is 0.484. The molecule has 1 N–H and O–H groups in total. The van der Waals surface area contributed by atoms with E-state index in [1.807, 2.05) is 78.9 Å². The van der Waals surface area contributed by atoms with Crippen molar-refractivity contribution in [1.29, 1.82) is 0 Å². The predicted octanol–water partition coefficient (Wildman–Crippen LogP) is 5.10. The normalized spacial score (nSPS) is 12.7. The van der Waals surface area contributed by atoms with E-state index in [-0.39, 0.29) is 4.90 Å². The minimum atomic E-state index is -4.40. The number of furan rings is 1. The monoisotopic (exact) mass is 458 g/mol. The lowest BCUT2D eigenvalue weighted by Crippen LogP contribution is -2.25. The molecule has 0 saturated heterocycles. The number of fused-ring (bicyclic) bond motifs is 1. The highest BCUT2D eigenvalue weighted by Crippen LogP contribution is 2.40. The van der Waals surface area contributed by atoms with Crippen LogP contribution in [0.25, 0.3) is 22.1 Å². The first-order valence-electron chi connectivity index (χ1n) is 10.0. The van der Waals surface area contributed by atoms with Crippen LogP contribution in [0.1, 0.15) is 0 Å². The molecule has 0 saturated carbocycles. The van der Waals surface area contributed by atoms with E-state index in [2.05, 4.69) is 0 Å². The van der Waals surface area contributed by atoms with Gasteiger partial charge >= 0.3 is 0 Å². The molecule has 1 atom stereocenters. The minimum absolute atomic E-state index is 0.0749. The second kappa shape index (κ2) is 8.36. The number of hydrogen-bond donors (Lipinski definition) is 1. The highest BCUT2D eigenvalue weighted by Gasteiger charge is 2.27. The van der Waals surface area contributed by atoms with Gasteiger partial charge in [0, 0.05) is 21.6 Å². The molecule has 32 heavy (non-hydrogen) atoms. The van der Waals surface area contributed by atoms with Gasteiger partial charge in [-0.15, -0.1) is 0 Å². The van der Waals surface area contributed by atoms with Crippen molar-refractivity contribution in [3.05, 3.63) is 109 Å². The summed E-state index contributed by atoms with van der Waals surface area (Å²) >= 11 is 0. The maximum absolute atomic E-state index is 12.3. The molecule has 6 heteroatoms. The fourth-order valence-electron chi connectivity index (χ4n) is 3.91. The molecule has 0 aliphatic carbocycles. The zero-order valence-electron chi connectivity index (χ0n) is 16.9. The van der Waals surface area contributed by atoms with E-state index >= 15 is 0 Å². The molecule has 1 aromatic heterocycles. The van der Waals surface area contributed by atoms with Crippen LogP contribution in [0, 0.1) is 0 Å². The van der Waals surface area contributed by atoms with Crippen LogP contribution in [0.3, 0.4) is 0 Å². The number of benzene rings is 4. The van der Waals surface area contributed by atoms with Crippen molar-refractivity contribution >= 4 is 44.7 Å². The van der Waals surface area contributed by atoms with Crippen LogP contribution >= 0.6 is 7.92 Å². The van der Waals surface area contributed by atoms with Crippen molar-refractivity contribution in [3.63, 3.8) is 0 Å². The zero-order valence-corrected chi connectivity index (χ0v) is 18.6. The Hall–Kier alpha value is -3.24. The van der Waals surface area contributed by atoms with Crippen LogP contribution in [0.5, 0.6) is 0 Å². The summed E-state index contributed by atoms with van der Waals surface area (Å²) < 4.78 is 40.5. The zero-order chi connectivity index (χ0) is 22.1. The average Bonchev–Trinajstić information content (AvgIpc) is 3.24. The molecule has 158 valence electrons. The van der Waals surface area contributed by atoms with E-state index in [0.29, 0.717) is 5.30 Å². The molecular formula is C26H19O4PS. The summed E-state index contributed by atoms with van der Waals surface area (Å²) in [6.07, 6.45) is 1.73. The maximum Gasteiger partial charge on any atom is 0.295 e. The van der Waals surface area contributed by atoms with E-state index in [9.17, 15) is 13.0 Å². The molecule has 0 fully saturated rings. The quantitative estimate of drug-likeness (QED) is 0.294. The molecule has 5 rings (SSSR count). The minimum Gasteiger partial charge on any atom is -0.463 e. The van der Waals surface area contributed by atoms with E-state index in [4.69, 9.17) is 4.42 Å². The van der Waals surface area contributed by atoms with Gasteiger partial charge in [-0.25, -0.2) is 0 Å². The van der Waals surface area contributed by atoms with E-state index in [1.165, 1.54) is 6.07 Å². The van der Waals surface area contributed by atoms with Crippen LogP contribution in [0.4, 0.5) is 0 Å². The third-order valence-electron chi connectivity index (χ3n) is 5.30. The first-order chi connectivity index (χ1) is 15.5. The molecule has 0 radical (unpaired) electrons. The summed E-state index contributed by atoms with van der Waals surface area (Å²) in [7, 11) is -5.71. The van der Waals surface area contributed by atoms with Gasteiger partial charge in [0.15, 0.2) is 0 Å². The van der Waals surface area contributed by atoms with Gasteiger partial charge in [-0.3, -0.25) is 4.55 Å². The summed E-state index contributed by atoms with van der Waals surface area (Å²) in [6.45, 7) is 0. The molecule has 4 nitrogen and oxygen atoms in total. The summed E-state index contributed by atoms with van der Waals surface area (Å²) in [6, 6.07) is 32.3. The smallest absolute Gasteiger partial charge is 0.295 e. The summed E-state index contributed by atoms with van der Waals surface area (Å²) in [5, 5.41) is 4.48. The molecule has 4 aromatic carbocycles. The topological polar surface area (TPSA) is 67.5 Å². The third kappa shape index (κ3) is 3.76. The molecule has 0 spiro atoms. The van der Waals surface area contributed by atoms with Gasteiger partial charge < -0.3 is 4.42 Å². The summed E-state index contributed by atoms with van der Waals surface area (Å²) in [5.74, 6) is 0.740. The van der Waals surface area contributed by atoms with Crippen molar-refractivity contribution in [2.45, 2.75) is 4.90 Å². The highest BCUT2D eigenvalue weighted by atomic mass is 32.2. The van der Waals surface area contributed by atoms with E-state index in [0.717, 1.165) is 32.7 Å². The Bertz CT molecular complexity index is 1510. The maximum atomic E-state index is 12.3. The van der Waals surface area contributed by atoms with Crippen LogP contribution in [0.2, 0.25) is 0 Å². The van der Waals surface area contributed by atoms with E-state index < -0.39 is 18.0 Å². The lowest BCUT2D eigenvalue weighted by Gasteiger charge is -2.23. The van der Waals surface area contributed by atoms with Crippen LogP contribution in [-0.4, -0.2) is 13.0 Å². The fraction of sp³-hybridized carbons (Fsp3) is 0. The Labute approximate surface area is 187 Å². The first-order valence-corrected chi connectivity index (χ1v) is 12.8. The molecule has 0 aliphatic heterocycles. The Morgan fingerprint density at radius 2 is 1.31 bits per heavy atom. The Kier molecular flexibility index (Phi) is 5.40. The van der Waals surface area contributed by atoms with Gasteiger partial charge in [-0.05, 0) is 24.6 Å². The largest absolute Gasteiger partial charge is 0.463 e. The molecule has 0 amide bonds. The second-order valence-electron chi connectivity index (χ2n) is 7.28. The van der Waals surface area contributed by atoms with E-state index in [1.54, 1.807) is 24.5 Å². The van der Waals surface area contributed by atoms with Crippen molar-refractivity contribution < 1.29 is 17.4 Å². The molecule has 5 aromatic rings.